The first-order chi connectivity index (χ1) is 28.2. The van der Waals surface area contributed by atoms with Gasteiger partial charge in [-0.2, -0.15) is 0 Å². The topological polar surface area (TPSA) is 91.0 Å². The van der Waals surface area contributed by atoms with Crippen LogP contribution >= 0.6 is 0 Å². The standard InChI is InChI=1S/C50H28N4O3/c1-3-14-29(15-4-1)47-52-48(54-49(53-47)37-22-13-25-40-43(37)35-20-9-11-23-38(35)55-40)34-27-26-33(31-18-7-8-19-32(31)34)45-44-36-21-10-12-24-39(36)56-41(44)28-42-46(45)51-50(57-42)30-16-5-2-6-17-30/h1-28H. The van der Waals surface area contributed by atoms with Crippen molar-refractivity contribution in [3.05, 3.63) is 170 Å². The third-order valence-electron chi connectivity index (χ3n) is 10.8. The maximum Gasteiger partial charge on any atom is 0.227 e. The number of nitrogens with zero attached hydrogens (tertiary/aromatic N) is 4. The number of hydrogen-bond acceptors (Lipinski definition) is 7. The Kier molecular flexibility index (Phi) is 6.79. The molecule has 12 aromatic rings. The molecule has 0 radical (unpaired) electrons. The molecule has 0 unspecified atom stereocenters. The Morgan fingerprint density at radius 1 is 0.316 bits per heavy atom. The van der Waals surface area contributed by atoms with Gasteiger partial charge in [0.2, 0.25) is 5.89 Å². The Labute approximate surface area is 324 Å². The van der Waals surface area contributed by atoms with Crippen LogP contribution < -0.4 is 0 Å². The number of oxazole rings is 1. The molecule has 0 spiro atoms. The predicted octanol–water partition coefficient (Wildman–Crippen LogP) is 13.3. The molecular formula is C50H28N4O3. The SMILES string of the molecule is c1ccc(-c2nc(-c3ccc(-c4c5nc(-c6ccccc6)oc5cc5oc6ccccc6c45)c4ccccc34)nc(-c3cccc4oc5ccccc5c34)n2)cc1. The summed E-state index contributed by atoms with van der Waals surface area (Å²) in [6, 6.07) is 56.9. The molecule has 0 amide bonds. The zero-order valence-electron chi connectivity index (χ0n) is 30.2. The summed E-state index contributed by atoms with van der Waals surface area (Å²) in [6.45, 7) is 0. The second-order valence-corrected chi connectivity index (χ2v) is 14.1. The van der Waals surface area contributed by atoms with Crippen LogP contribution in [0.2, 0.25) is 0 Å². The molecule has 266 valence electrons. The van der Waals surface area contributed by atoms with E-state index in [0.717, 1.165) is 93.5 Å². The minimum atomic E-state index is 0.552. The maximum atomic E-state index is 6.48. The van der Waals surface area contributed by atoms with Gasteiger partial charge in [0.1, 0.15) is 27.8 Å². The summed E-state index contributed by atoms with van der Waals surface area (Å²) < 4.78 is 19.2. The van der Waals surface area contributed by atoms with Gasteiger partial charge in [0.15, 0.2) is 23.1 Å². The fraction of sp³-hybridized carbons (Fsp3) is 0. The van der Waals surface area contributed by atoms with Crippen molar-refractivity contribution in [1.82, 2.24) is 19.9 Å². The zero-order valence-corrected chi connectivity index (χ0v) is 30.2. The first kappa shape index (κ1) is 31.5. The van der Waals surface area contributed by atoms with Crippen LogP contribution in [-0.4, -0.2) is 19.9 Å². The van der Waals surface area contributed by atoms with Crippen molar-refractivity contribution in [2.45, 2.75) is 0 Å². The minimum Gasteiger partial charge on any atom is -0.456 e. The van der Waals surface area contributed by atoms with Crippen molar-refractivity contribution in [3.8, 4) is 56.7 Å². The molecule has 0 saturated carbocycles. The highest BCUT2D eigenvalue weighted by atomic mass is 16.4. The molecule has 7 heteroatoms. The lowest BCUT2D eigenvalue weighted by Gasteiger charge is -2.14. The van der Waals surface area contributed by atoms with E-state index in [4.69, 9.17) is 33.2 Å². The number of benzene rings is 8. The summed E-state index contributed by atoms with van der Waals surface area (Å²) in [5.74, 6) is 2.27. The molecular weight excluding hydrogens is 705 g/mol. The van der Waals surface area contributed by atoms with Crippen LogP contribution in [0.25, 0.3) is 122 Å². The summed E-state index contributed by atoms with van der Waals surface area (Å²) in [5, 5.41) is 5.98. The molecule has 0 aliphatic carbocycles. The van der Waals surface area contributed by atoms with Crippen molar-refractivity contribution in [2.24, 2.45) is 0 Å². The normalized spacial score (nSPS) is 11.9. The van der Waals surface area contributed by atoms with E-state index in [1.54, 1.807) is 0 Å². The van der Waals surface area contributed by atoms with E-state index >= 15 is 0 Å². The Hall–Kier alpha value is -7.90. The number of para-hydroxylation sites is 2. The number of fused-ring (bicyclic) bond motifs is 8. The third-order valence-corrected chi connectivity index (χ3v) is 10.8. The van der Waals surface area contributed by atoms with Crippen LogP contribution in [0.15, 0.2) is 183 Å². The molecule has 0 atom stereocenters. The lowest BCUT2D eigenvalue weighted by molar-refractivity contribution is 0.617. The van der Waals surface area contributed by atoms with E-state index in [9.17, 15) is 0 Å². The summed E-state index contributed by atoms with van der Waals surface area (Å²) in [7, 11) is 0. The van der Waals surface area contributed by atoms with Crippen LogP contribution in [0.4, 0.5) is 0 Å². The Morgan fingerprint density at radius 2 is 0.860 bits per heavy atom. The van der Waals surface area contributed by atoms with Crippen LogP contribution in [0.1, 0.15) is 0 Å². The van der Waals surface area contributed by atoms with Crippen molar-refractivity contribution >= 4 is 65.7 Å². The molecule has 57 heavy (non-hydrogen) atoms. The second-order valence-electron chi connectivity index (χ2n) is 14.1. The van der Waals surface area contributed by atoms with E-state index in [1.807, 2.05) is 115 Å². The molecule has 12 rings (SSSR count). The number of hydrogen-bond donors (Lipinski definition) is 0. The van der Waals surface area contributed by atoms with Gasteiger partial charge in [0.05, 0.1) is 0 Å². The fourth-order valence-electron chi connectivity index (χ4n) is 8.24. The van der Waals surface area contributed by atoms with Gasteiger partial charge in [-0.1, -0.05) is 127 Å². The van der Waals surface area contributed by atoms with Crippen molar-refractivity contribution in [3.63, 3.8) is 0 Å². The third kappa shape index (κ3) is 4.92. The van der Waals surface area contributed by atoms with Crippen LogP contribution in [0.5, 0.6) is 0 Å². The highest BCUT2D eigenvalue weighted by Gasteiger charge is 2.24. The van der Waals surface area contributed by atoms with E-state index in [1.165, 1.54) is 0 Å². The monoisotopic (exact) mass is 732 g/mol. The molecule has 4 aromatic heterocycles. The van der Waals surface area contributed by atoms with E-state index < -0.39 is 0 Å². The molecule has 0 N–H and O–H groups in total. The average molecular weight is 733 g/mol. The quantitative estimate of drug-likeness (QED) is 0.174. The van der Waals surface area contributed by atoms with Gasteiger partial charge in [-0.3, -0.25) is 0 Å². The van der Waals surface area contributed by atoms with Crippen LogP contribution in [-0.2, 0) is 0 Å². The molecule has 0 bridgehead atoms. The first-order valence-corrected chi connectivity index (χ1v) is 18.8. The molecule has 4 heterocycles. The molecule has 0 aliphatic heterocycles. The second kappa shape index (κ2) is 12.3. The van der Waals surface area contributed by atoms with E-state index in [0.29, 0.717) is 28.9 Å². The Bertz CT molecular complexity index is 3530. The molecule has 8 aromatic carbocycles. The lowest BCUT2D eigenvalue weighted by atomic mass is 9.91. The van der Waals surface area contributed by atoms with Gasteiger partial charge < -0.3 is 13.3 Å². The maximum absolute atomic E-state index is 6.48. The van der Waals surface area contributed by atoms with Gasteiger partial charge >= 0.3 is 0 Å². The van der Waals surface area contributed by atoms with Gasteiger partial charge in [-0.15, -0.1) is 0 Å². The van der Waals surface area contributed by atoms with Crippen molar-refractivity contribution < 1.29 is 13.3 Å². The van der Waals surface area contributed by atoms with E-state index in [2.05, 4.69) is 54.6 Å². The van der Waals surface area contributed by atoms with Gasteiger partial charge in [0, 0.05) is 55.4 Å². The highest BCUT2D eigenvalue weighted by Crippen LogP contribution is 2.46. The fourth-order valence-corrected chi connectivity index (χ4v) is 8.24. The molecule has 0 saturated heterocycles. The number of rotatable bonds is 5. The number of aromatic nitrogens is 4. The average Bonchev–Trinajstić information content (AvgIpc) is 3.99. The highest BCUT2D eigenvalue weighted by molar-refractivity contribution is 6.22. The van der Waals surface area contributed by atoms with Crippen molar-refractivity contribution in [1.29, 1.82) is 0 Å². The van der Waals surface area contributed by atoms with Crippen LogP contribution in [0.3, 0.4) is 0 Å². The Balaban J connectivity index is 1.13. The van der Waals surface area contributed by atoms with Gasteiger partial charge in [-0.05, 0) is 52.7 Å². The van der Waals surface area contributed by atoms with E-state index in [-0.39, 0.29) is 0 Å². The largest absolute Gasteiger partial charge is 0.456 e. The Morgan fingerprint density at radius 3 is 1.60 bits per heavy atom. The molecule has 0 aliphatic rings. The predicted molar refractivity (Wildman–Crippen MR) is 227 cm³/mol. The van der Waals surface area contributed by atoms with Crippen molar-refractivity contribution in [2.75, 3.05) is 0 Å². The summed E-state index contributed by atoms with van der Waals surface area (Å²) in [5.41, 5.74) is 10.0. The van der Waals surface area contributed by atoms with Crippen LogP contribution in [0, 0.1) is 0 Å². The lowest BCUT2D eigenvalue weighted by Crippen LogP contribution is -2.01. The zero-order chi connectivity index (χ0) is 37.5. The smallest absolute Gasteiger partial charge is 0.227 e. The first-order valence-electron chi connectivity index (χ1n) is 18.8. The number of furan rings is 2. The molecule has 0 fully saturated rings. The molecule has 7 nitrogen and oxygen atoms in total. The van der Waals surface area contributed by atoms with Gasteiger partial charge in [0.25, 0.3) is 0 Å². The summed E-state index contributed by atoms with van der Waals surface area (Å²) >= 11 is 0. The summed E-state index contributed by atoms with van der Waals surface area (Å²) in [4.78, 5) is 20.7. The summed E-state index contributed by atoms with van der Waals surface area (Å²) in [6.07, 6.45) is 0. The minimum absolute atomic E-state index is 0.552. The van der Waals surface area contributed by atoms with Gasteiger partial charge in [-0.25, -0.2) is 19.9 Å².